The number of nitrogens with zero attached hydrogens (tertiary/aromatic N) is 2. The van der Waals surface area contributed by atoms with Crippen LogP contribution in [0, 0.1) is 23.7 Å². The van der Waals surface area contributed by atoms with Gasteiger partial charge in [-0.25, -0.2) is 4.98 Å². The minimum Gasteiger partial charge on any atom is -0.297 e. The lowest BCUT2D eigenvalue weighted by Crippen LogP contribution is -2.35. The van der Waals surface area contributed by atoms with Gasteiger partial charge in [-0.2, -0.15) is 0 Å². The molecule has 0 bridgehead atoms. The Bertz CT molecular complexity index is 1210. The molecule has 2 fully saturated rings. The number of rotatable bonds is 8. The van der Waals surface area contributed by atoms with Crippen LogP contribution >= 0.6 is 11.6 Å². The highest BCUT2D eigenvalue weighted by Crippen LogP contribution is 2.35. The van der Waals surface area contributed by atoms with E-state index in [4.69, 9.17) is 11.6 Å². The van der Waals surface area contributed by atoms with Gasteiger partial charge in [0.1, 0.15) is 5.69 Å². The molecule has 1 atom stereocenters. The van der Waals surface area contributed by atoms with Crippen molar-refractivity contribution in [2.75, 3.05) is 13.1 Å². The second-order valence-electron chi connectivity index (χ2n) is 10.2. The fourth-order valence-corrected chi connectivity index (χ4v) is 4.59. The smallest absolute Gasteiger partial charge is 0.113 e. The minimum atomic E-state index is 0.484. The zero-order valence-electron chi connectivity index (χ0n) is 20.7. The number of hydrogen-bond acceptors (Lipinski definition) is 2. The van der Waals surface area contributed by atoms with E-state index in [-0.39, 0.29) is 0 Å². The molecule has 0 spiro atoms. The van der Waals surface area contributed by atoms with Gasteiger partial charge in [0.2, 0.25) is 0 Å². The molecule has 1 aromatic heterocycles. The van der Waals surface area contributed by atoms with Gasteiger partial charge in [-0.1, -0.05) is 53.9 Å². The summed E-state index contributed by atoms with van der Waals surface area (Å²) in [4.78, 5) is 7.23. The number of aromatic nitrogens is 1. The minimum absolute atomic E-state index is 0.484. The van der Waals surface area contributed by atoms with Crippen LogP contribution in [0.15, 0.2) is 72.9 Å². The van der Waals surface area contributed by atoms with Gasteiger partial charge in [0, 0.05) is 41.5 Å². The highest BCUT2D eigenvalue weighted by molar-refractivity contribution is 6.30. The molecule has 178 valence electrons. The van der Waals surface area contributed by atoms with E-state index in [2.05, 4.69) is 72.0 Å². The summed E-state index contributed by atoms with van der Waals surface area (Å²) < 4.78 is 0. The summed E-state index contributed by atoms with van der Waals surface area (Å²) in [6.07, 6.45) is 9.98. The van der Waals surface area contributed by atoms with E-state index in [1.165, 1.54) is 49.9 Å². The van der Waals surface area contributed by atoms with Gasteiger partial charge in [0.15, 0.2) is 0 Å². The van der Waals surface area contributed by atoms with Crippen molar-refractivity contribution in [2.45, 2.75) is 45.6 Å². The van der Waals surface area contributed by atoms with Gasteiger partial charge in [-0.15, -0.1) is 0 Å². The molecule has 2 aliphatic rings. The fourth-order valence-electron chi connectivity index (χ4n) is 4.47. The Hall–Kier alpha value is -2.86. The van der Waals surface area contributed by atoms with Gasteiger partial charge in [-0.05, 0) is 104 Å². The van der Waals surface area contributed by atoms with Crippen molar-refractivity contribution in [2.24, 2.45) is 11.8 Å². The summed E-state index contributed by atoms with van der Waals surface area (Å²) in [5, 5.41) is 0.736. The van der Waals surface area contributed by atoms with Crippen LogP contribution in [0.25, 0.3) is 16.7 Å². The topological polar surface area (TPSA) is 16.1 Å². The normalized spacial score (nSPS) is 16.6. The number of hydrogen-bond donors (Lipinski definition) is 0. The van der Waals surface area contributed by atoms with Gasteiger partial charge >= 0.3 is 0 Å². The molecular formula is C32H33ClN2. The van der Waals surface area contributed by atoms with Crippen LogP contribution in [0.5, 0.6) is 0 Å². The van der Waals surface area contributed by atoms with Crippen LogP contribution in [0.4, 0.5) is 0 Å². The largest absolute Gasteiger partial charge is 0.297 e. The second-order valence-corrected chi connectivity index (χ2v) is 10.6. The average Bonchev–Trinajstić information content (AvgIpc) is 3.81. The van der Waals surface area contributed by atoms with Gasteiger partial charge in [0.25, 0.3) is 0 Å². The van der Waals surface area contributed by atoms with Crippen molar-refractivity contribution in [1.82, 2.24) is 9.88 Å². The molecule has 2 saturated carbocycles. The molecule has 0 radical (unpaired) electrons. The lowest BCUT2D eigenvalue weighted by molar-refractivity contribution is 0.222. The highest BCUT2D eigenvalue weighted by atomic mass is 35.5. The van der Waals surface area contributed by atoms with E-state index in [0.29, 0.717) is 6.04 Å². The molecule has 3 heteroatoms. The summed E-state index contributed by atoms with van der Waals surface area (Å²) in [6.45, 7) is 7.13. The summed E-state index contributed by atoms with van der Waals surface area (Å²) in [5.41, 5.74) is 6.53. The van der Waals surface area contributed by atoms with Crippen LogP contribution in [0.2, 0.25) is 5.02 Å². The maximum absolute atomic E-state index is 5.98. The average molecular weight is 481 g/mol. The van der Waals surface area contributed by atoms with Crippen molar-refractivity contribution < 1.29 is 0 Å². The Morgan fingerprint density at radius 2 is 1.54 bits per heavy atom. The molecule has 0 aliphatic heterocycles. The monoisotopic (exact) mass is 480 g/mol. The molecule has 5 rings (SSSR count). The quantitative estimate of drug-likeness (QED) is 0.307. The highest BCUT2D eigenvalue weighted by Gasteiger charge is 2.30. The maximum Gasteiger partial charge on any atom is 0.113 e. The Balaban J connectivity index is 1.22. The third-order valence-corrected chi connectivity index (χ3v) is 7.31. The van der Waals surface area contributed by atoms with Crippen LogP contribution < -0.4 is 0 Å². The standard InChI is InChI=1S/C32H33ClN2/c1-23(19-24(2)35(21-26-3-4-26)22-27-5-6-27)28-10-7-25(8-11-28)9-17-32-18-14-30(20-34-32)29-12-15-31(33)16-13-29/h7-8,10-16,18-20,24,26-27H,3-6,21-22H2,1-2H3/t24-/m1/s1. The first kappa shape index (κ1) is 23.9. The maximum atomic E-state index is 5.98. The summed E-state index contributed by atoms with van der Waals surface area (Å²) in [7, 11) is 0. The van der Waals surface area contributed by atoms with Crippen molar-refractivity contribution >= 4 is 17.2 Å². The number of benzene rings is 2. The fraction of sp³-hybridized carbons (Fsp3) is 0.344. The van der Waals surface area contributed by atoms with Gasteiger partial charge in [-0.3, -0.25) is 4.90 Å². The predicted octanol–water partition coefficient (Wildman–Crippen LogP) is 7.72. The molecule has 1 heterocycles. The third kappa shape index (κ3) is 6.85. The Labute approximate surface area is 215 Å². The van der Waals surface area contributed by atoms with Gasteiger partial charge < -0.3 is 0 Å². The van der Waals surface area contributed by atoms with E-state index in [1.807, 2.05) is 36.5 Å². The van der Waals surface area contributed by atoms with E-state index in [0.717, 1.165) is 39.2 Å². The molecule has 2 aromatic carbocycles. The Morgan fingerprint density at radius 3 is 2.11 bits per heavy atom. The predicted molar refractivity (Wildman–Crippen MR) is 147 cm³/mol. The first-order valence-electron chi connectivity index (χ1n) is 12.8. The lowest BCUT2D eigenvalue weighted by atomic mass is 10.0. The summed E-state index contributed by atoms with van der Waals surface area (Å²) in [5.74, 6) is 8.31. The Kier molecular flexibility index (Phi) is 7.37. The summed E-state index contributed by atoms with van der Waals surface area (Å²) >= 11 is 5.98. The Morgan fingerprint density at radius 1 is 0.914 bits per heavy atom. The van der Waals surface area contributed by atoms with Crippen LogP contribution in [0.1, 0.15) is 56.4 Å². The van der Waals surface area contributed by atoms with E-state index >= 15 is 0 Å². The van der Waals surface area contributed by atoms with Crippen molar-refractivity contribution in [3.8, 4) is 23.0 Å². The van der Waals surface area contributed by atoms with E-state index in [9.17, 15) is 0 Å². The van der Waals surface area contributed by atoms with E-state index in [1.54, 1.807) is 0 Å². The first-order valence-corrected chi connectivity index (χ1v) is 13.2. The zero-order chi connectivity index (χ0) is 24.2. The molecule has 0 saturated heterocycles. The van der Waals surface area contributed by atoms with Crippen LogP contribution in [0.3, 0.4) is 0 Å². The third-order valence-electron chi connectivity index (χ3n) is 7.06. The van der Waals surface area contributed by atoms with Crippen LogP contribution in [-0.2, 0) is 0 Å². The number of halogens is 1. The van der Waals surface area contributed by atoms with Crippen LogP contribution in [-0.4, -0.2) is 29.0 Å². The molecule has 35 heavy (non-hydrogen) atoms. The first-order chi connectivity index (χ1) is 17.0. The summed E-state index contributed by atoms with van der Waals surface area (Å²) in [6, 6.07) is 20.9. The van der Waals surface area contributed by atoms with Crippen molar-refractivity contribution in [1.29, 1.82) is 0 Å². The second kappa shape index (κ2) is 10.8. The SMILES string of the molecule is CC(=C[C@@H](C)N(CC1CC1)CC1CC1)c1ccc(C#Cc2ccc(-c3ccc(Cl)cc3)cn2)cc1. The molecule has 3 aromatic rings. The molecular weight excluding hydrogens is 448 g/mol. The van der Waals surface area contributed by atoms with Crippen molar-refractivity contribution in [3.63, 3.8) is 0 Å². The molecule has 2 nitrogen and oxygen atoms in total. The van der Waals surface area contributed by atoms with Crippen molar-refractivity contribution in [3.05, 3.63) is 94.8 Å². The number of pyridine rings is 1. The molecule has 2 aliphatic carbocycles. The zero-order valence-corrected chi connectivity index (χ0v) is 21.4. The lowest BCUT2D eigenvalue weighted by Gasteiger charge is -2.27. The van der Waals surface area contributed by atoms with Gasteiger partial charge in [0.05, 0.1) is 0 Å². The number of allylic oxidation sites excluding steroid dienone is 1. The van der Waals surface area contributed by atoms with E-state index < -0.39 is 0 Å². The molecule has 0 amide bonds. The molecule has 0 N–H and O–H groups in total. The molecule has 0 unspecified atom stereocenters.